The molecule has 0 fully saturated rings. The Balaban J connectivity index is 0.00000133. The minimum Gasteiger partial charge on any atom is -0.372 e. The SMILES string of the molecule is Cl.NC[C@@H]1OCCc2c(-c3ccnnc3)cccc21. The van der Waals surface area contributed by atoms with Crippen LogP contribution in [0.4, 0.5) is 0 Å². The third kappa shape index (κ3) is 2.61. The molecular weight excluding hydrogens is 262 g/mol. The highest BCUT2D eigenvalue weighted by Crippen LogP contribution is 2.33. The molecule has 2 heterocycles. The number of hydrogen-bond donors (Lipinski definition) is 1. The quantitative estimate of drug-likeness (QED) is 0.914. The topological polar surface area (TPSA) is 61.0 Å². The summed E-state index contributed by atoms with van der Waals surface area (Å²) in [5, 5.41) is 7.76. The monoisotopic (exact) mass is 277 g/mol. The summed E-state index contributed by atoms with van der Waals surface area (Å²) in [7, 11) is 0. The molecule has 5 heteroatoms. The van der Waals surface area contributed by atoms with E-state index in [-0.39, 0.29) is 18.5 Å². The van der Waals surface area contributed by atoms with Crippen molar-refractivity contribution < 1.29 is 4.74 Å². The van der Waals surface area contributed by atoms with Crippen molar-refractivity contribution in [1.29, 1.82) is 0 Å². The molecule has 0 saturated heterocycles. The van der Waals surface area contributed by atoms with Gasteiger partial charge in [0.05, 0.1) is 25.1 Å². The first-order valence-electron chi connectivity index (χ1n) is 6.10. The fourth-order valence-corrected chi connectivity index (χ4v) is 2.49. The molecule has 1 aromatic heterocycles. The Morgan fingerprint density at radius 1 is 1.26 bits per heavy atom. The first-order chi connectivity index (χ1) is 8.90. The van der Waals surface area contributed by atoms with E-state index in [1.54, 1.807) is 12.4 Å². The summed E-state index contributed by atoms with van der Waals surface area (Å²) in [6, 6.07) is 8.25. The van der Waals surface area contributed by atoms with Gasteiger partial charge in [-0.2, -0.15) is 10.2 Å². The van der Waals surface area contributed by atoms with Crippen molar-refractivity contribution in [2.75, 3.05) is 13.2 Å². The van der Waals surface area contributed by atoms with E-state index in [0.29, 0.717) is 6.54 Å². The van der Waals surface area contributed by atoms with Crippen LogP contribution in [0.25, 0.3) is 11.1 Å². The van der Waals surface area contributed by atoms with Crippen molar-refractivity contribution in [3.8, 4) is 11.1 Å². The molecule has 4 nitrogen and oxygen atoms in total. The summed E-state index contributed by atoms with van der Waals surface area (Å²) >= 11 is 0. The van der Waals surface area contributed by atoms with Crippen LogP contribution in [0.5, 0.6) is 0 Å². The highest BCUT2D eigenvalue weighted by molar-refractivity contribution is 5.85. The van der Waals surface area contributed by atoms with Gasteiger partial charge in [0.15, 0.2) is 0 Å². The van der Waals surface area contributed by atoms with Crippen LogP contribution >= 0.6 is 12.4 Å². The number of rotatable bonds is 2. The summed E-state index contributed by atoms with van der Waals surface area (Å²) in [5.41, 5.74) is 10.6. The second-order valence-electron chi connectivity index (χ2n) is 4.35. The maximum atomic E-state index is 5.76. The van der Waals surface area contributed by atoms with E-state index < -0.39 is 0 Å². The van der Waals surface area contributed by atoms with Gasteiger partial charge in [0.25, 0.3) is 0 Å². The molecule has 2 aromatic rings. The number of ether oxygens (including phenoxy) is 1. The molecule has 0 bridgehead atoms. The van der Waals surface area contributed by atoms with E-state index in [1.807, 2.05) is 12.1 Å². The van der Waals surface area contributed by atoms with Crippen molar-refractivity contribution in [2.24, 2.45) is 5.73 Å². The minimum atomic E-state index is 0. The Labute approximate surface area is 118 Å². The van der Waals surface area contributed by atoms with Crippen molar-refractivity contribution in [1.82, 2.24) is 10.2 Å². The number of aromatic nitrogens is 2. The zero-order valence-corrected chi connectivity index (χ0v) is 11.3. The van der Waals surface area contributed by atoms with Gasteiger partial charge < -0.3 is 10.5 Å². The molecule has 0 spiro atoms. The van der Waals surface area contributed by atoms with E-state index in [4.69, 9.17) is 10.5 Å². The lowest BCUT2D eigenvalue weighted by atomic mass is 9.90. The lowest BCUT2D eigenvalue weighted by Crippen LogP contribution is -2.23. The summed E-state index contributed by atoms with van der Waals surface area (Å²) in [6.45, 7) is 1.25. The highest BCUT2D eigenvalue weighted by Gasteiger charge is 2.21. The van der Waals surface area contributed by atoms with Gasteiger partial charge in [-0.05, 0) is 29.2 Å². The van der Waals surface area contributed by atoms with E-state index in [9.17, 15) is 0 Å². The smallest absolute Gasteiger partial charge is 0.0950 e. The van der Waals surface area contributed by atoms with Crippen LogP contribution in [0.1, 0.15) is 17.2 Å². The summed E-state index contributed by atoms with van der Waals surface area (Å²) in [6.07, 6.45) is 4.45. The normalized spacial score (nSPS) is 17.4. The number of nitrogens with zero attached hydrogens (tertiary/aromatic N) is 2. The second-order valence-corrected chi connectivity index (χ2v) is 4.35. The first kappa shape index (κ1) is 13.9. The van der Waals surface area contributed by atoms with Crippen molar-refractivity contribution >= 4 is 12.4 Å². The minimum absolute atomic E-state index is 0. The number of hydrogen-bond acceptors (Lipinski definition) is 4. The first-order valence-corrected chi connectivity index (χ1v) is 6.10. The van der Waals surface area contributed by atoms with Crippen LogP contribution in [0.15, 0.2) is 36.7 Å². The number of nitrogens with two attached hydrogens (primary N) is 1. The van der Waals surface area contributed by atoms with Crippen LogP contribution in [0.3, 0.4) is 0 Å². The summed E-state index contributed by atoms with van der Waals surface area (Å²) < 4.78 is 5.69. The van der Waals surface area contributed by atoms with Gasteiger partial charge in [-0.25, -0.2) is 0 Å². The highest BCUT2D eigenvalue weighted by atomic mass is 35.5. The fraction of sp³-hybridized carbons (Fsp3) is 0.286. The number of halogens is 1. The average Bonchev–Trinajstić information content (AvgIpc) is 2.47. The maximum absolute atomic E-state index is 5.76. The van der Waals surface area contributed by atoms with E-state index >= 15 is 0 Å². The molecule has 100 valence electrons. The van der Waals surface area contributed by atoms with Crippen LogP contribution in [-0.4, -0.2) is 23.3 Å². The standard InChI is InChI=1S/C14H15N3O.ClH/c15-8-14-13-3-1-2-11(12(13)5-7-18-14)10-4-6-16-17-9-10;/h1-4,6,9,14H,5,7-8,15H2;1H/t14-;/m0./s1. The predicted octanol–water partition coefficient (Wildman–Crippen LogP) is 2.14. The van der Waals surface area contributed by atoms with Gasteiger partial charge in [-0.15, -0.1) is 12.4 Å². The van der Waals surface area contributed by atoms with Gasteiger partial charge in [0.1, 0.15) is 0 Å². The second kappa shape index (κ2) is 6.10. The third-order valence-corrected chi connectivity index (χ3v) is 3.34. The maximum Gasteiger partial charge on any atom is 0.0950 e. The molecule has 0 unspecified atom stereocenters. The van der Waals surface area contributed by atoms with E-state index in [2.05, 4.69) is 22.3 Å². The molecule has 2 N–H and O–H groups in total. The largest absolute Gasteiger partial charge is 0.372 e. The molecule has 1 aliphatic heterocycles. The Hall–Kier alpha value is -1.49. The lowest BCUT2D eigenvalue weighted by Gasteiger charge is -2.26. The zero-order valence-electron chi connectivity index (χ0n) is 10.5. The van der Waals surface area contributed by atoms with Crippen LogP contribution in [-0.2, 0) is 11.2 Å². The molecule has 0 aliphatic carbocycles. The molecule has 1 aliphatic rings. The third-order valence-electron chi connectivity index (χ3n) is 3.34. The molecule has 0 radical (unpaired) electrons. The van der Waals surface area contributed by atoms with Gasteiger partial charge in [-0.3, -0.25) is 0 Å². The van der Waals surface area contributed by atoms with Crippen LogP contribution in [0.2, 0.25) is 0 Å². The predicted molar refractivity (Wildman–Crippen MR) is 76.2 cm³/mol. The van der Waals surface area contributed by atoms with E-state index in [0.717, 1.165) is 18.6 Å². The number of benzene rings is 1. The van der Waals surface area contributed by atoms with Crippen molar-refractivity contribution in [3.63, 3.8) is 0 Å². The van der Waals surface area contributed by atoms with Crippen molar-refractivity contribution in [2.45, 2.75) is 12.5 Å². The van der Waals surface area contributed by atoms with Gasteiger partial charge in [0, 0.05) is 12.1 Å². The van der Waals surface area contributed by atoms with Crippen LogP contribution in [0, 0.1) is 0 Å². The van der Waals surface area contributed by atoms with Gasteiger partial charge >= 0.3 is 0 Å². The molecule has 0 amide bonds. The van der Waals surface area contributed by atoms with Crippen LogP contribution < -0.4 is 5.73 Å². The fourth-order valence-electron chi connectivity index (χ4n) is 2.49. The Morgan fingerprint density at radius 3 is 2.89 bits per heavy atom. The Kier molecular flexibility index (Phi) is 4.47. The lowest BCUT2D eigenvalue weighted by molar-refractivity contribution is 0.0486. The summed E-state index contributed by atoms with van der Waals surface area (Å²) in [4.78, 5) is 0. The molecule has 3 rings (SSSR count). The van der Waals surface area contributed by atoms with Gasteiger partial charge in [0.2, 0.25) is 0 Å². The Morgan fingerprint density at radius 2 is 2.16 bits per heavy atom. The van der Waals surface area contributed by atoms with Gasteiger partial charge in [-0.1, -0.05) is 18.2 Å². The van der Waals surface area contributed by atoms with Crippen molar-refractivity contribution in [3.05, 3.63) is 47.8 Å². The molecule has 0 saturated carbocycles. The summed E-state index contributed by atoms with van der Waals surface area (Å²) in [5.74, 6) is 0. The molecule has 19 heavy (non-hydrogen) atoms. The average molecular weight is 278 g/mol. The molecular formula is C14H16ClN3O. The molecule has 1 atom stereocenters. The van der Waals surface area contributed by atoms with E-state index in [1.165, 1.54) is 16.7 Å². The Bertz CT molecular complexity index is 548. The molecule has 1 aromatic carbocycles. The zero-order chi connectivity index (χ0) is 12.4. The number of fused-ring (bicyclic) bond motifs is 1.